The van der Waals surface area contributed by atoms with Crippen LogP contribution in [-0.4, -0.2) is 15.2 Å². The lowest BCUT2D eigenvalue weighted by atomic mass is 10.2. The molecule has 72 valence electrons. The highest BCUT2D eigenvalue weighted by Crippen LogP contribution is 2.10. The SMILES string of the molecule is CC(=O)c1c(C)[nH]c2cc(=O)ccn12. The van der Waals surface area contributed by atoms with Crippen LogP contribution in [0, 0.1) is 6.92 Å². The largest absolute Gasteiger partial charge is 0.343 e. The zero-order valence-electron chi connectivity index (χ0n) is 8.00. The topological polar surface area (TPSA) is 54.3 Å². The van der Waals surface area contributed by atoms with Crippen LogP contribution in [0.4, 0.5) is 0 Å². The van der Waals surface area contributed by atoms with Crippen LogP contribution < -0.4 is 5.43 Å². The Morgan fingerprint density at radius 1 is 1.50 bits per heavy atom. The molecule has 0 aliphatic carbocycles. The minimum absolute atomic E-state index is 0.0163. The van der Waals surface area contributed by atoms with Gasteiger partial charge in [-0.15, -0.1) is 0 Å². The molecule has 4 nitrogen and oxygen atoms in total. The Morgan fingerprint density at radius 2 is 2.21 bits per heavy atom. The van der Waals surface area contributed by atoms with E-state index in [1.54, 1.807) is 10.6 Å². The number of hydrogen-bond acceptors (Lipinski definition) is 2. The van der Waals surface area contributed by atoms with Crippen LogP contribution in [-0.2, 0) is 0 Å². The summed E-state index contributed by atoms with van der Waals surface area (Å²) in [6.07, 6.45) is 1.61. The standard InChI is InChI=1S/C10H10N2O2/c1-6-10(7(2)13)12-4-3-8(14)5-9(12)11-6/h3-5,11H,1-2H3. The molecule has 14 heavy (non-hydrogen) atoms. The quantitative estimate of drug-likeness (QED) is 0.685. The molecule has 0 saturated heterocycles. The molecule has 2 heterocycles. The molecular formula is C10H10N2O2. The van der Waals surface area contributed by atoms with Gasteiger partial charge in [0, 0.05) is 30.9 Å². The molecule has 1 N–H and O–H groups in total. The number of pyridine rings is 1. The number of nitrogens with one attached hydrogen (secondary N) is 1. The Hall–Kier alpha value is -1.84. The van der Waals surface area contributed by atoms with Crippen molar-refractivity contribution >= 4 is 11.4 Å². The third-order valence-corrected chi connectivity index (χ3v) is 2.17. The number of nitrogens with zero attached hydrogens (tertiary/aromatic N) is 1. The van der Waals surface area contributed by atoms with Crippen molar-refractivity contribution < 1.29 is 4.79 Å². The van der Waals surface area contributed by atoms with Gasteiger partial charge < -0.3 is 4.98 Å². The number of fused-ring (bicyclic) bond motifs is 1. The van der Waals surface area contributed by atoms with E-state index in [1.165, 1.54) is 19.1 Å². The van der Waals surface area contributed by atoms with Gasteiger partial charge in [-0.3, -0.25) is 14.0 Å². The Kier molecular flexibility index (Phi) is 1.77. The number of ketones is 1. The number of carbonyl (C=O) groups is 1. The van der Waals surface area contributed by atoms with E-state index >= 15 is 0 Å². The first-order chi connectivity index (χ1) is 6.59. The molecule has 2 aromatic rings. The number of aromatic amines is 1. The highest BCUT2D eigenvalue weighted by Gasteiger charge is 2.10. The molecule has 2 rings (SSSR count). The molecule has 2 aromatic heterocycles. The molecule has 4 heteroatoms. The number of hydrogen-bond donors (Lipinski definition) is 1. The minimum atomic E-state index is -0.0682. The molecule has 0 radical (unpaired) electrons. The number of carbonyl (C=O) groups excluding carboxylic acids is 1. The minimum Gasteiger partial charge on any atom is -0.343 e. The summed E-state index contributed by atoms with van der Waals surface area (Å²) in [6, 6.07) is 2.91. The molecule has 0 aromatic carbocycles. The number of H-pyrrole nitrogens is 1. The molecule has 0 fully saturated rings. The average Bonchev–Trinajstić information content (AvgIpc) is 2.39. The van der Waals surface area contributed by atoms with E-state index in [0.717, 1.165) is 5.69 Å². The number of aryl methyl sites for hydroxylation is 1. The summed E-state index contributed by atoms with van der Waals surface area (Å²) in [4.78, 5) is 25.4. The van der Waals surface area contributed by atoms with E-state index in [9.17, 15) is 9.59 Å². The van der Waals surface area contributed by atoms with E-state index < -0.39 is 0 Å². The molecule has 0 aliphatic heterocycles. The fraction of sp³-hybridized carbons (Fsp3) is 0.200. The van der Waals surface area contributed by atoms with Crippen molar-refractivity contribution in [3.05, 3.63) is 39.9 Å². The van der Waals surface area contributed by atoms with Gasteiger partial charge in [0.2, 0.25) is 0 Å². The predicted molar refractivity (Wildman–Crippen MR) is 52.8 cm³/mol. The molecule has 0 unspecified atom stereocenters. The number of rotatable bonds is 1. The first-order valence-corrected chi connectivity index (χ1v) is 4.31. The fourth-order valence-electron chi connectivity index (χ4n) is 1.64. The number of Topliss-reactive ketones (excluding diaryl/α,β-unsaturated/α-hetero) is 1. The second kappa shape index (κ2) is 2.83. The summed E-state index contributed by atoms with van der Waals surface area (Å²) in [5, 5.41) is 0. The average molecular weight is 190 g/mol. The van der Waals surface area contributed by atoms with Gasteiger partial charge in [0.15, 0.2) is 11.2 Å². The van der Waals surface area contributed by atoms with Gasteiger partial charge in [-0.05, 0) is 6.92 Å². The zero-order chi connectivity index (χ0) is 10.3. The Morgan fingerprint density at radius 3 is 2.86 bits per heavy atom. The van der Waals surface area contributed by atoms with Crippen LogP contribution >= 0.6 is 0 Å². The van der Waals surface area contributed by atoms with Crippen LogP contribution in [0.2, 0.25) is 0 Å². The van der Waals surface area contributed by atoms with Gasteiger partial charge in [-0.25, -0.2) is 0 Å². The summed E-state index contributed by atoms with van der Waals surface area (Å²) in [5.74, 6) is -0.0163. The fourth-order valence-corrected chi connectivity index (χ4v) is 1.64. The monoisotopic (exact) mass is 190 g/mol. The van der Waals surface area contributed by atoms with Gasteiger partial charge >= 0.3 is 0 Å². The van der Waals surface area contributed by atoms with Gasteiger partial charge in [0.1, 0.15) is 11.3 Å². The first kappa shape index (κ1) is 8.74. The molecule has 0 aliphatic rings. The lowest BCUT2D eigenvalue weighted by Crippen LogP contribution is -2.03. The highest BCUT2D eigenvalue weighted by atomic mass is 16.1. The summed E-state index contributed by atoms with van der Waals surface area (Å²) in [6.45, 7) is 3.32. The third-order valence-electron chi connectivity index (χ3n) is 2.17. The maximum Gasteiger partial charge on any atom is 0.183 e. The summed E-state index contributed by atoms with van der Waals surface area (Å²) in [5.41, 5.74) is 1.96. The van der Waals surface area contributed by atoms with E-state index in [2.05, 4.69) is 4.98 Å². The smallest absolute Gasteiger partial charge is 0.183 e. The van der Waals surface area contributed by atoms with Gasteiger partial charge in [0.25, 0.3) is 0 Å². The molecule has 0 spiro atoms. The Labute approximate surface area is 80.2 Å². The third kappa shape index (κ3) is 1.16. The summed E-state index contributed by atoms with van der Waals surface area (Å²) in [7, 11) is 0. The van der Waals surface area contributed by atoms with Gasteiger partial charge in [-0.1, -0.05) is 0 Å². The van der Waals surface area contributed by atoms with Gasteiger partial charge in [-0.2, -0.15) is 0 Å². The van der Waals surface area contributed by atoms with Crippen molar-refractivity contribution in [1.82, 2.24) is 9.38 Å². The highest BCUT2D eigenvalue weighted by molar-refractivity contribution is 5.94. The summed E-state index contributed by atoms with van der Waals surface area (Å²) >= 11 is 0. The van der Waals surface area contributed by atoms with Crippen LogP contribution in [0.15, 0.2) is 23.1 Å². The lowest BCUT2D eigenvalue weighted by molar-refractivity contribution is 0.101. The number of imidazole rings is 1. The second-order valence-electron chi connectivity index (χ2n) is 3.27. The van der Waals surface area contributed by atoms with E-state index in [0.29, 0.717) is 11.3 Å². The van der Waals surface area contributed by atoms with Crippen LogP contribution in [0.3, 0.4) is 0 Å². The maximum absolute atomic E-state index is 11.3. The van der Waals surface area contributed by atoms with Crippen molar-refractivity contribution in [2.24, 2.45) is 0 Å². The van der Waals surface area contributed by atoms with Crippen LogP contribution in [0.1, 0.15) is 23.1 Å². The first-order valence-electron chi connectivity index (χ1n) is 4.31. The van der Waals surface area contributed by atoms with Crippen molar-refractivity contribution in [1.29, 1.82) is 0 Å². The normalized spacial score (nSPS) is 10.7. The Balaban J connectivity index is 2.90. The van der Waals surface area contributed by atoms with E-state index in [1.807, 2.05) is 6.92 Å². The van der Waals surface area contributed by atoms with Crippen LogP contribution in [0.25, 0.3) is 5.65 Å². The maximum atomic E-state index is 11.3. The summed E-state index contributed by atoms with van der Waals surface area (Å²) < 4.78 is 1.69. The van der Waals surface area contributed by atoms with Crippen LogP contribution in [0.5, 0.6) is 0 Å². The number of aromatic nitrogens is 2. The predicted octanol–water partition coefficient (Wildman–Crippen LogP) is 1.14. The van der Waals surface area contributed by atoms with Gasteiger partial charge in [0.05, 0.1) is 0 Å². The lowest BCUT2D eigenvalue weighted by Gasteiger charge is -1.96. The van der Waals surface area contributed by atoms with Crippen molar-refractivity contribution in [2.75, 3.05) is 0 Å². The molecule has 0 amide bonds. The molecular weight excluding hydrogens is 180 g/mol. The zero-order valence-corrected chi connectivity index (χ0v) is 8.00. The Bertz CT molecular complexity index is 563. The van der Waals surface area contributed by atoms with Crippen molar-refractivity contribution in [2.45, 2.75) is 13.8 Å². The molecule has 0 bridgehead atoms. The van der Waals surface area contributed by atoms with E-state index in [-0.39, 0.29) is 11.2 Å². The van der Waals surface area contributed by atoms with Crippen molar-refractivity contribution in [3.8, 4) is 0 Å². The second-order valence-corrected chi connectivity index (χ2v) is 3.27. The van der Waals surface area contributed by atoms with E-state index in [4.69, 9.17) is 0 Å². The molecule has 0 saturated carbocycles. The van der Waals surface area contributed by atoms with Crippen molar-refractivity contribution in [3.63, 3.8) is 0 Å². The molecule has 0 atom stereocenters.